The van der Waals surface area contributed by atoms with Gasteiger partial charge in [-0.15, -0.1) is 0 Å². The van der Waals surface area contributed by atoms with Gasteiger partial charge >= 0.3 is 0 Å². The summed E-state index contributed by atoms with van der Waals surface area (Å²) in [5.41, 5.74) is 4.60. The maximum Gasteiger partial charge on any atom is 0.161 e. The maximum atomic E-state index is 5.93. The van der Waals surface area contributed by atoms with Crippen LogP contribution in [0, 0.1) is 6.92 Å². The molecule has 0 atom stereocenters. The van der Waals surface area contributed by atoms with Crippen molar-refractivity contribution in [3.05, 3.63) is 87.9 Å². The van der Waals surface area contributed by atoms with Gasteiger partial charge in [0.2, 0.25) is 0 Å². The molecule has 0 aromatic heterocycles. The average molecular weight is 412 g/mol. The van der Waals surface area contributed by atoms with Gasteiger partial charge in [-0.2, -0.15) is 0 Å². The molecule has 4 heteroatoms. The normalized spacial score (nSPS) is 10.4. The van der Waals surface area contributed by atoms with E-state index in [1.165, 1.54) is 5.56 Å². The molecule has 0 bridgehead atoms. The van der Waals surface area contributed by atoms with Gasteiger partial charge in [0, 0.05) is 16.7 Å². The largest absolute Gasteiger partial charge is 0.493 e. The number of ether oxygens (including phenoxy) is 2. The predicted octanol–water partition coefficient (Wildman–Crippen LogP) is 5.96. The molecule has 0 aliphatic rings. The number of hydrogen-bond donors (Lipinski definition) is 1. The molecule has 0 amide bonds. The van der Waals surface area contributed by atoms with Crippen LogP contribution in [0.3, 0.4) is 0 Å². The lowest BCUT2D eigenvalue weighted by atomic mass is 10.1. The first kappa shape index (κ1) is 18.3. The Balaban J connectivity index is 1.64. The molecule has 3 nitrogen and oxygen atoms in total. The van der Waals surface area contributed by atoms with Crippen molar-refractivity contribution in [1.82, 2.24) is 0 Å². The van der Waals surface area contributed by atoms with E-state index in [1.807, 2.05) is 36.4 Å². The highest BCUT2D eigenvalue weighted by Crippen LogP contribution is 2.29. The Bertz CT molecular complexity index is 862. The zero-order valence-corrected chi connectivity index (χ0v) is 16.5. The number of nitrogens with one attached hydrogen (secondary N) is 1. The third-order valence-corrected chi connectivity index (χ3v) is 4.58. The Morgan fingerprint density at radius 2 is 1.65 bits per heavy atom. The molecule has 0 saturated heterocycles. The Morgan fingerprint density at radius 3 is 2.38 bits per heavy atom. The van der Waals surface area contributed by atoms with Crippen molar-refractivity contribution >= 4 is 21.6 Å². The van der Waals surface area contributed by atoms with Crippen LogP contribution in [-0.2, 0) is 13.2 Å². The molecule has 0 aliphatic heterocycles. The molecule has 3 aromatic carbocycles. The van der Waals surface area contributed by atoms with E-state index in [1.54, 1.807) is 7.11 Å². The topological polar surface area (TPSA) is 30.5 Å². The van der Waals surface area contributed by atoms with Crippen molar-refractivity contribution in [1.29, 1.82) is 0 Å². The molecular formula is C22H22BrNO2. The van der Waals surface area contributed by atoms with Crippen LogP contribution in [0.4, 0.5) is 5.69 Å². The van der Waals surface area contributed by atoms with E-state index in [0.717, 1.165) is 39.3 Å². The van der Waals surface area contributed by atoms with Crippen LogP contribution in [0.25, 0.3) is 0 Å². The van der Waals surface area contributed by atoms with E-state index in [-0.39, 0.29) is 0 Å². The van der Waals surface area contributed by atoms with Crippen molar-refractivity contribution in [2.45, 2.75) is 20.1 Å². The lowest BCUT2D eigenvalue weighted by Crippen LogP contribution is -2.02. The number of hydrogen-bond acceptors (Lipinski definition) is 3. The van der Waals surface area contributed by atoms with E-state index < -0.39 is 0 Å². The van der Waals surface area contributed by atoms with Crippen molar-refractivity contribution < 1.29 is 9.47 Å². The molecule has 0 heterocycles. The van der Waals surface area contributed by atoms with E-state index in [0.29, 0.717) is 6.61 Å². The number of halogens is 1. The second-order valence-electron chi connectivity index (χ2n) is 6.12. The lowest BCUT2D eigenvalue weighted by Gasteiger charge is -2.13. The summed E-state index contributed by atoms with van der Waals surface area (Å²) in [6.07, 6.45) is 0. The highest BCUT2D eigenvalue weighted by molar-refractivity contribution is 9.10. The summed E-state index contributed by atoms with van der Waals surface area (Å²) in [5.74, 6) is 1.49. The fraction of sp³-hybridized carbons (Fsp3) is 0.182. The zero-order valence-electron chi connectivity index (χ0n) is 15.0. The average Bonchev–Trinajstić information content (AvgIpc) is 2.66. The van der Waals surface area contributed by atoms with Gasteiger partial charge in [0.25, 0.3) is 0 Å². The van der Waals surface area contributed by atoms with Gasteiger partial charge in [0.1, 0.15) is 6.61 Å². The standard InChI is InChI=1S/C22H22BrNO2/c1-16-4-3-5-20(12-16)24-14-18-8-11-21(22(13-18)25-2)26-15-17-6-9-19(23)10-7-17/h3-13,24H,14-15H2,1-2H3. The minimum absolute atomic E-state index is 0.504. The van der Waals surface area contributed by atoms with Gasteiger partial charge in [-0.25, -0.2) is 0 Å². The monoisotopic (exact) mass is 411 g/mol. The molecule has 3 rings (SSSR count). The fourth-order valence-corrected chi connectivity index (χ4v) is 2.91. The summed E-state index contributed by atoms with van der Waals surface area (Å²) in [5, 5.41) is 3.43. The molecule has 26 heavy (non-hydrogen) atoms. The van der Waals surface area contributed by atoms with Gasteiger partial charge in [-0.05, 0) is 60.0 Å². The van der Waals surface area contributed by atoms with Crippen molar-refractivity contribution in [2.75, 3.05) is 12.4 Å². The number of rotatable bonds is 7. The Labute approximate surface area is 163 Å². The summed E-state index contributed by atoms with van der Waals surface area (Å²) >= 11 is 3.44. The molecular weight excluding hydrogens is 390 g/mol. The van der Waals surface area contributed by atoms with Gasteiger partial charge in [-0.1, -0.05) is 46.3 Å². The van der Waals surface area contributed by atoms with Crippen molar-refractivity contribution in [3.8, 4) is 11.5 Å². The second-order valence-corrected chi connectivity index (χ2v) is 7.04. The van der Waals surface area contributed by atoms with Crippen molar-refractivity contribution in [2.24, 2.45) is 0 Å². The fourth-order valence-electron chi connectivity index (χ4n) is 2.64. The number of benzene rings is 3. The molecule has 0 aliphatic carbocycles. The van der Waals surface area contributed by atoms with Gasteiger partial charge < -0.3 is 14.8 Å². The van der Waals surface area contributed by atoms with Crippen molar-refractivity contribution in [3.63, 3.8) is 0 Å². The first-order valence-corrected chi connectivity index (χ1v) is 9.28. The highest BCUT2D eigenvalue weighted by Gasteiger charge is 2.07. The molecule has 1 N–H and O–H groups in total. The minimum Gasteiger partial charge on any atom is -0.493 e. The van der Waals surface area contributed by atoms with Crippen LogP contribution >= 0.6 is 15.9 Å². The van der Waals surface area contributed by atoms with E-state index >= 15 is 0 Å². The third-order valence-electron chi connectivity index (χ3n) is 4.05. The summed E-state index contributed by atoms with van der Waals surface area (Å²) in [4.78, 5) is 0. The molecule has 0 fully saturated rings. The minimum atomic E-state index is 0.504. The van der Waals surface area contributed by atoms with Crippen LogP contribution < -0.4 is 14.8 Å². The van der Waals surface area contributed by atoms with Gasteiger partial charge in [0.15, 0.2) is 11.5 Å². The van der Waals surface area contributed by atoms with Crippen LogP contribution in [0.15, 0.2) is 71.2 Å². The van der Waals surface area contributed by atoms with Crippen LogP contribution in [0.5, 0.6) is 11.5 Å². The third kappa shape index (κ3) is 5.02. The van der Waals surface area contributed by atoms with Crippen LogP contribution in [0.1, 0.15) is 16.7 Å². The smallest absolute Gasteiger partial charge is 0.161 e. The van der Waals surface area contributed by atoms with E-state index in [2.05, 4.69) is 58.5 Å². The Morgan fingerprint density at radius 1 is 0.885 bits per heavy atom. The zero-order chi connectivity index (χ0) is 18.4. The number of anilines is 1. The molecule has 0 saturated carbocycles. The second kappa shape index (κ2) is 8.77. The molecule has 3 aromatic rings. The number of methoxy groups -OCH3 is 1. The first-order chi connectivity index (χ1) is 12.6. The molecule has 0 radical (unpaired) electrons. The van der Waals surface area contributed by atoms with Gasteiger partial charge in [0.05, 0.1) is 7.11 Å². The first-order valence-electron chi connectivity index (χ1n) is 8.49. The highest BCUT2D eigenvalue weighted by atomic mass is 79.9. The predicted molar refractivity (Wildman–Crippen MR) is 110 cm³/mol. The quantitative estimate of drug-likeness (QED) is 0.520. The summed E-state index contributed by atoms with van der Waals surface area (Å²) in [6, 6.07) is 22.5. The molecule has 134 valence electrons. The maximum absolute atomic E-state index is 5.93. The summed E-state index contributed by atoms with van der Waals surface area (Å²) in [6.45, 7) is 3.32. The number of aryl methyl sites for hydroxylation is 1. The SMILES string of the molecule is COc1cc(CNc2cccc(C)c2)ccc1OCc1ccc(Br)cc1. The summed E-state index contributed by atoms with van der Waals surface area (Å²) in [7, 11) is 1.67. The van der Waals surface area contributed by atoms with Gasteiger partial charge in [-0.3, -0.25) is 0 Å². The Hall–Kier alpha value is -2.46. The van der Waals surface area contributed by atoms with E-state index in [9.17, 15) is 0 Å². The lowest BCUT2D eigenvalue weighted by molar-refractivity contribution is 0.284. The van der Waals surface area contributed by atoms with Crippen LogP contribution in [-0.4, -0.2) is 7.11 Å². The van der Waals surface area contributed by atoms with Crippen LogP contribution in [0.2, 0.25) is 0 Å². The Kier molecular flexibility index (Phi) is 6.18. The summed E-state index contributed by atoms with van der Waals surface area (Å²) < 4.78 is 12.5. The molecule has 0 unspecified atom stereocenters. The molecule has 0 spiro atoms. The van der Waals surface area contributed by atoms with E-state index in [4.69, 9.17) is 9.47 Å².